The van der Waals surface area contributed by atoms with E-state index in [-0.39, 0.29) is 5.75 Å². The normalized spacial score (nSPS) is 11.4. The van der Waals surface area contributed by atoms with Crippen molar-refractivity contribution in [3.63, 3.8) is 0 Å². The number of hydrogen-bond acceptors (Lipinski definition) is 3. The van der Waals surface area contributed by atoms with Crippen molar-refractivity contribution in [1.29, 1.82) is 0 Å². The lowest BCUT2D eigenvalue weighted by molar-refractivity contribution is 0.597. The molecule has 0 spiro atoms. The van der Waals surface area contributed by atoms with Crippen LogP contribution in [0.15, 0.2) is 53.7 Å². The molecule has 0 fully saturated rings. The Morgan fingerprint density at radius 1 is 1.12 bits per heavy atom. The Morgan fingerprint density at radius 2 is 1.76 bits per heavy atom. The minimum absolute atomic E-state index is 0.0946. The zero-order chi connectivity index (χ0) is 12.3. The fourth-order valence-electron chi connectivity index (χ4n) is 1.53. The third kappa shape index (κ3) is 2.50. The van der Waals surface area contributed by atoms with Gasteiger partial charge < -0.3 is 0 Å². The van der Waals surface area contributed by atoms with Gasteiger partial charge >= 0.3 is 0 Å². The van der Waals surface area contributed by atoms with Crippen molar-refractivity contribution in [2.24, 2.45) is 0 Å². The van der Waals surface area contributed by atoms with E-state index in [2.05, 4.69) is 5.43 Å². The lowest BCUT2D eigenvalue weighted by Gasteiger charge is -2.12. The highest BCUT2D eigenvalue weighted by atomic mass is 32.2. The van der Waals surface area contributed by atoms with Crippen LogP contribution in [-0.4, -0.2) is 18.8 Å². The summed E-state index contributed by atoms with van der Waals surface area (Å²) in [5.74, 6) is 0.0946. The smallest absolute Gasteiger partial charge is 0.180 e. The van der Waals surface area contributed by atoms with E-state index in [0.717, 1.165) is 0 Å². The molecule has 2 aromatic rings. The SMILES string of the molecule is CCS(=O)(=O)c1ccccc1Nn1cccc1. The molecule has 1 aromatic carbocycles. The molecule has 0 unspecified atom stereocenters. The number of rotatable bonds is 4. The molecule has 0 saturated carbocycles. The van der Waals surface area contributed by atoms with Crippen molar-refractivity contribution in [1.82, 2.24) is 4.68 Å². The Bertz CT molecular complexity index is 589. The van der Waals surface area contributed by atoms with Crippen LogP contribution in [0, 0.1) is 0 Å². The van der Waals surface area contributed by atoms with E-state index < -0.39 is 9.84 Å². The molecule has 0 bridgehead atoms. The summed E-state index contributed by atoms with van der Waals surface area (Å²) in [6.45, 7) is 1.64. The van der Waals surface area contributed by atoms with Crippen LogP contribution in [0.25, 0.3) is 0 Å². The first-order valence-electron chi connectivity index (χ1n) is 5.35. The number of nitrogens with zero attached hydrogens (tertiary/aromatic N) is 1. The van der Waals surface area contributed by atoms with Crippen LogP contribution in [0.3, 0.4) is 0 Å². The number of aromatic nitrogens is 1. The number of anilines is 1. The molecule has 0 amide bonds. The van der Waals surface area contributed by atoms with Crippen LogP contribution in [0.4, 0.5) is 5.69 Å². The van der Waals surface area contributed by atoms with E-state index in [1.54, 1.807) is 35.9 Å². The van der Waals surface area contributed by atoms with Crippen molar-refractivity contribution in [2.75, 3.05) is 11.2 Å². The third-order valence-corrected chi connectivity index (χ3v) is 4.24. The van der Waals surface area contributed by atoms with Crippen molar-refractivity contribution >= 4 is 15.5 Å². The zero-order valence-electron chi connectivity index (χ0n) is 9.50. The molecular formula is C12H14N2O2S. The van der Waals surface area contributed by atoms with Gasteiger partial charge in [0.05, 0.1) is 16.3 Å². The molecule has 0 aliphatic rings. The van der Waals surface area contributed by atoms with Gasteiger partial charge in [-0.05, 0) is 24.3 Å². The molecular weight excluding hydrogens is 236 g/mol. The first-order chi connectivity index (χ1) is 8.13. The Hall–Kier alpha value is -1.75. The van der Waals surface area contributed by atoms with Gasteiger partial charge in [-0.2, -0.15) is 0 Å². The van der Waals surface area contributed by atoms with Crippen LogP contribution >= 0.6 is 0 Å². The standard InChI is InChI=1S/C12H14N2O2S/c1-2-17(15,16)12-8-4-3-7-11(12)13-14-9-5-6-10-14/h3-10,13H,2H2,1H3. The van der Waals surface area contributed by atoms with E-state index in [9.17, 15) is 8.42 Å². The van der Waals surface area contributed by atoms with Crippen LogP contribution in [0.5, 0.6) is 0 Å². The molecule has 0 radical (unpaired) electrons. The van der Waals surface area contributed by atoms with E-state index in [1.807, 2.05) is 24.5 Å². The first kappa shape index (κ1) is 11.7. The summed E-state index contributed by atoms with van der Waals surface area (Å²) in [4.78, 5) is 0.330. The van der Waals surface area contributed by atoms with Crippen molar-refractivity contribution < 1.29 is 8.42 Å². The van der Waals surface area contributed by atoms with Crippen molar-refractivity contribution in [3.05, 3.63) is 48.8 Å². The second kappa shape index (κ2) is 4.63. The molecule has 90 valence electrons. The van der Waals surface area contributed by atoms with Crippen LogP contribution in [0.1, 0.15) is 6.92 Å². The summed E-state index contributed by atoms with van der Waals surface area (Å²) in [6, 6.07) is 10.6. The molecule has 0 atom stereocenters. The lowest BCUT2D eigenvalue weighted by Crippen LogP contribution is -2.12. The molecule has 0 aliphatic heterocycles. The lowest BCUT2D eigenvalue weighted by atomic mass is 10.3. The molecule has 5 heteroatoms. The van der Waals surface area contributed by atoms with Gasteiger partial charge in [-0.3, -0.25) is 10.1 Å². The van der Waals surface area contributed by atoms with Gasteiger partial charge in [-0.1, -0.05) is 19.1 Å². The maximum Gasteiger partial charge on any atom is 0.180 e. The van der Waals surface area contributed by atoms with Gasteiger partial charge in [-0.25, -0.2) is 8.42 Å². The van der Waals surface area contributed by atoms with E-state index >= 15 is 0 Å². The number of para-hydroxylation sites is 1. The van der Waals surface area contributed by atoms with Gasteiger partial charge in [0, 0.05) is 12.4 Å². The number of benzene rings is 1. The summed E-state index contributed by atoms with van der Waals surface area (Å²) >= 11 is 0. The summed E-state index contributed by atoms with van der Waals surface area (Å²) in [6.07, 6.45) is 3.63. The molecule has 17 heavy (non-hydrogen) atoms. The van der Waals surface area contributed by atoms with Gasteiger partial charge in [0.15, 0.2) is 9.84 Å². The monoisotopic (exact) mass is 250 g/mol. The number of nitrogens with one attached hydrogen (secondary N) is 1. The average Bonchev–Trinajstić information content (AvgIpc) is 2.82. The maximum absolute atomic E-state index is 11.9. The quantitative estimate of drug-likeness (QED) is 0.904. The van der Waals surface area contributed by atoms with Crippen molar-refractivity contribution in [3.8, 4) is 0 Å². The van der Waals surface area contributed by atoms with E-state index in [1.165, 1.54) is 0 Å². The van der Waals surface area contributed by atoms with E-state index in [4.69, 9.17) is 0 Å². The van der Waals surface area contributed by atoms with E-state index in [0.29, 0.717) is 10.6 Å². The van der Waals surface area contributed by atoms with Gasteiger partial charge in [0.2, 0.25) is 0 Å². The topological polar surface area (TPSA) is 51.1 Å². The highest BCUT2D eigenvalue weighted by Crippen LogP contribution is 2.21. The highest BCUT2D eigenvalue weighted by Gasteiger charge is 2.15. The Morgan fingerprint density at radius 3 is 2.41 bits per heavy atom. The molecule has 2 rings (SSSR count). The zero-order valence-corrected chi connectivity index (χ0v) is 10.3. The molecule has 1 N–H and O–H groups in total. The Kier molecular flexibility index (Phi) is 3.19. The van der Waals surface area contributed by atoms with Gasteiger partial charge in [0.1, 0.15) is 0 Å². The summed E-state index contributed by atoms with van der Waals surface area (Å²) in [5.41, 5.74) is 3.62. The van der Waals surface area contributed by atoms with Crippen molar-refractivity contribution in [2.45, 2.75) is 11.8 Å². The van der Waals surface area contributed by atoms with Crippen LogP contribution < -0.4 is 5.43 Å². The second-order valence-electron chi connectivity index (χ2n) is 3.60. The minimum Gasteiger partial charge on any atom is -0.294 e. The first-order valence-corrected chi connectivity index (χ1v) is 7.00. The van der Waals surface area contributed by atoms with Crippen LogP contribution in [-0.2, 0) is 9.84 Å². The molecule has 0 aliphatic carbocycles. The van der Waals surface area contributed by atoms with Crippen LogP contribution in [0.2, 0.25) is 0 Å². The Labute approximate surface area is 101 Å². The maximum atomic E-state index is 11.9. The predicted octanol–water partition coefficient (Wildman–Crippen LogP) is 2.16. The average molecular weight is 250 g/mol. The minimum atomic E-state index is -3.21. The molecule has 1 heterocycles. The van der Waals surface area contributed by atoms with Gasteiger partial charge in [-0.15, -0.1) is 0 Å². The summed E-state index contributed by atoms with van der Waals surface area (Å²) in [7, 11) is -3.21. The molecule has 0 saturated heterocycles. The summed E-state index contributed by atoms with van der Waals surface area (Å²) in [5, 5.41) is 0. The number of hydrogen-bond donors (Lipinski definition) is 1. The largest absolute Gasteiger partial charge is 0.294 e. The Balaban J connectivity index is 2.41. The second-order valence-corrected chi connectivity index (χ2v) is 5.85. The molecule has 1 aromatic heterocycles. The highest BCUT2D eigenvalue weighted by molar-refractivity contribution is 7.91. The molecule has 4 nitrogen and oxygen atoms in total. The number of sulfone groups is 1. The van der Waals surface area contributed by atoms with Gasteiger partial charge in [0.25, 0.3) is 0 Å². The fourth-order valence-corrected chi connectivity index (χ4v) is 2.58. The third-order valence-electron chi connectivity index (χ3n) is 2.46. The summed E-state index contributed by atoms with van der Waals surface area (Å²) < 4.78 is 25.5. The fraction of sp³-hybridized carbons (Fsp3) is 0.167. The predicted molar refractivity (Wildman–Crippen MR) is 67.6 cm³/mol.